The molecule has 2 atom stereocenters. The molecule has 2 aliphatic rings. The summed E-state index contributed by atoms with van der Waals surface area (Å²) < 4.78 is 46.2. The Kier molecular flexibility index (Phi) is 2.92. The molecular formula is C16H15F3N2O2. The third kappa shape index (κ3) is 2.09. The number of aromatic nitrogens is 1. The molecule has 23 heavy (non-hydrogen) atoms. The van der Waals surface area contributed by atoms with E-state index in [9.17, 15) is 18.0 Å². The van der Waals surface area contributed by atoms with Crippen molar-refractivity contribution in [2.24, 2.45) is 0 Å². The lowest BCUT2D eigenvalue weighted by molar-refractivity contribution is -0.136. The maximum atomic E-state index is 13.4. The van der Waals surface area contributed by atoms with Crippen LogP contribution in [0.4, 0.5) is 18.9 Å². The van der Waals surface area contributed by atoms with Crippen LogP contribution in [0, 0.1) is 0 Å². The number of ether oxygens (including phenoxy) is 1. The van der Waals surface area contributed by atoms with Crippen LogP contribution in [0.2, 0.25) is 0 Å². The first kappa shape index (κ1) is 14.4. The zero-order valence-corrected chi connectivity index (χ0v) is 12.4. The Balaban J connectivity index is 2.04. The summed E-state index contributed by atoms with van der Waals surface area (Å²) in [6.07, 6.45) is -1.93. The number of nitrogens with one attached hydrogen (secondary N) is 1. The molecule has 2 aromatic rings. The number of nitrogens with zero attached hydrogens (tertiary/aromatic N) is 1. The van der Waals surface area contributed by atoms with Crippen LogP contribution in [0.3, 0.4) is 0 Å². The SMILES string of the molecule is CN1c2ccc3[nH]c(=O)cc(C(F)(F)F)c3c2O[C@H]2CCC[C@H]21. The lowest BCUT2D eigenvalue weighted by Crippen LogP contribution is -2.44. The molecule has 0 unspecified atom stereocenters. The molecule has 4 rings (SSSR count). The number of aromatic amines is 1. The van der Waals surface area contributed by atoms with Gasteiger partial charge in [0.1, 0.15) is 6.10 Å². The maximum Gasteiger partial charge on any atom is 0.417 e. The third-order valence-corrected chi connectivity index (χ3v) is 4.81. The van der Waals surface area contributed by atoms with E-state index < -0.39 is 17.3 Å². The molecule has 1 aromatic carbocycles. The first-order chi connectivity index (χ1) is 10.9. The number of alkyl halides is 3. The van der Waals surface area contributed by atoms with Crippen LogP contribution in [0.5, 0.6) is 5.75 Å². The van der Waals surface area contributed by atoms with Crippen molar-refractivity contribution in [3.05, 3.63) is 34.1 Å². The van der Waals surface area contributed by atoms with Gasteiger partial charge in [0.05, 0.1) is 28.2 Å². The summed E-state index contributed by atoms with van der Waals surface area (Å²) in [4.78, 5) is 16.0. The first-order valence-corrected chi connectivity index (χ1v) is 7.53. The van der Waals surface area contributed by atoms with E-state index in [1.807, 2.05) is 11.9 Å². The van der Waals surface area contributed by atoms with Gasteiger partial charge < -0.3 is 14.6 Å². The Hall–Kier alpha value is -2.18. The van der Waals surface area contributed by atoms with Crippen LogP contribution in [-0.4, -0.2) is 24.2 Å². The minimum atomic E-state index is -4.61. The first-order valence-electron chi connectivity index (χ1n) is 7.53. The fraction of sp³-hybridized carbons (Fsp3) is 0.438. The summed E-state index contributed by atoms with van der Waals surface area (Å²) in [5, 5.41) is -0.0631. The van der Waals surface area contributed by atoms with Crippen LogP contribution in [0.25, 0.3) is 10.9 Å². The molecule has 1 fully saturated rings. The number of anilines is 1. The van der Waals surface area contributed by atoms with Gasteiger partial charge in [-0.3, -0.25) is 4.79 Å². The van der Waals surface area contributed by atoms with Gasteiger partial charge >= 0.3 is 6.18 Å². The molecule has 0 saturated heterocycles. The van der Waals surface area contributed by atoms with E-state index in [2.05, 4.69) is 4.98 Å². The van der Waals surface area contributed by atoms with E-state index in [0.29, 0.717) is 11.8 Å². The molecule has 0 radical (unpaired) electrons. The van der Waals surface area contributed by atoms with E-state index in [-0.39, 0.29) is 28.8 Å². The normalized spacial score (nSPS) is 23.6. The van der Waals surface area contributed by atoms with E-state index in [1.54, 1.807) is 6.07 Å². The van der Waals surface area contributed by atoms with Gasteiger partial charge in [0.15, 0.2) is 5.75 Å². The van der Waals surface area contributed by atoms with Crippen molar-refractivity contribution in [1.82, 2.24) is 4.98 Å². The van der Waals surface area contributed by atoms with Gasteiger partial charge in [0.2, 0.25) is 5.56 Å². The average molecular weight is 324 g/mol. The summed E-state index contributed by atoms with van der Waals surface area (Å²) in [5.41, 5.74) is -0.933. The minimum Gasteiger partial charge on any atom is -0.485 e. The summed E-state index contributed by atoms with van der Waals surface area (Å²) in [6, 6.07) is 4.02. The lowest BCUT2D eigenvalue weighted by Gasteiger charge is -2.38. The fourth-order valence-electron chi connectivity index (χ4n) is 3.75. The molecule has 122 valence electrons. The second-order valence-corrected chi connectivity index (χ2v) is 6.15. The van der Waals surface area contributed by atoms with Crippen molar-refractivity contribution >= 4 is 16.6 Å². The van der Waals surface area contributed by atoms with Gasteiger partial charge in [0.25, 0.3) is 0 Å². The smallest absolute Gasteiger partial charge is 0.417 e. The monoisotopic (exact) mass is 324 g/mol. The number of H-pyrrole nitrogens is 1. The Labute approximate surface area is 129 Å². The Morgan fingerprint density at radius 3 is 2.83 bits per heavy atom. The topological polar surface area (TPSA) is 45.3 Å². The number of halogens is 3. The molecule has 1 saturated carbocycles. The van der Waals surface area contributed by atoms with Crippen LogP contribution >= 0.6 is 0 Å². The van der Waals surface area contributed by atoms with Crippen molar-refractivity contribution in [3.63, 3.8) is 0 Å². The Bertz CT molecular complexity index is 844. The van der Waals surface area contributed by atoms with E-state index in [0.717, 1.165) is 19.3 Å². The minimum absolute atomic E-state index is 0.0631. The predicted octanol–water partition coefficient (Wildman–Crippen LogP) is 3.30. The number of hydrogen-bond donors (Lipinski definition) is 1. The van der Waals surface area contributed by atoms with Crippen LogP contribution < -0.4 is 15.2 Å². The number of hydrogen-bond acceptors (Lipinski definition) is 3. The average Bonchev–Trinajstić information content (AvgIpc) is 2.93. The van der Waals surface area contributed by atoms with Crippen LogP contribution in [0.15, 0.2) is 23.0 Å². The van der Waals surface area contributed by atoms with Gasteiger partial charge in [-0.2, -0.15) is 13.2 Å². The highest BCUT2D eigenvalue weighted by Crippen LogP contribution is 2.47. The molecule has 1 aliphatic carbocycles. The zero-order chi connectivity index (χ0) is 16.4. The molecule has 1 aliphatic heterocycles. The highest BCUT2D eigenvalue weighted by molar-refractivity contribution is 5.94. The molecule has 1 aromatic heterocycles. The molecule has 0 spiro atoms. The van der Waals surface area contributed by atoms with Crippen molar-refractivity contribution in [2.45, 2.75) is 37.6 Å². The van der Waals surface area contributed by atoms with E-state index >= 15 is 0 Å². The van der Waals surface area contributed by atoms with Gasteiger partial charge in [-0.25, -0.2) is 0 Å². The zero-order valence-electron chi connectivity index (χ0n) is 12.4. The molecule has 4 nitrogen and oxygen atoms in total. The number of benzene rings is 1. The van der Waals surface area contributed by atoms with Crippen molar-refractivity contribution in [1.29, 1.82) is 0 Å². The van der Waals surface area contributed by atoms with Gasteiger partial charge in [-0.15, -0.1) is 0 Å². The van der Waals surface area contributed by atoms with Crippen molar-refractivity contribution in [3.8, 4) is 5.75 Å². The van der Waals surface area contributed by atoms with Crippen LogP contribution in [-0.2, 0) is 6.18 Å². The molecular weight excluding hydrogens is 309 g/mol. The maximum absolute atomic E-state index is 13.4. The number of pyridine rings is 1. The molecule has 7 heteroatoms. The second kappa shape index (κ2) is 4.66. The predicted molar refractivity (Wildman–Crippen MR) is 80.0 cm³/mol. The number of rotatable bonds is 0. The molecule has 1 N–H and O–H groups in total. The number of likely N-dealkylation sites (N-methyl/N-ethyl adjacent to an activating group) is 1. The van der Waals surface area contributed by atoms with Gasteiger partial charge in [-0.1, -0.05) is 0 Å². The lowest BCUT2D eigenvalue weighted by atomic mass is 10.0. The molecule has 0 amide bonds. The van der Waals surface area contributed by atoms with Gasteiger partial charge in [0, 0.05) is 13.1 Å². The highest BCUT2D eigenvalue weighted by atomic mass is 19.4. The quantitative estimate of drug-likeness (QED) is 0.809. The van der Waals surface area contributed by atoms with Gasteiger partial charge in [-0.05, 0) is 31.4 Å². The van der Waals surface area contributed by atoms with Crippen LogP contribution in [0.1, 0.15) is 24.8 Å². The van der Waals surface area contributed by atoms with E-state index in [4.69, 9.17) is 4.74 Å². The Morgan fingerprint density at radius 1 is 1.30 bits per heavy atom. The Morgan fingerprint density at radius 2 is 2.09 bits per heavy atom. The third-order valence-electron chi connectivity index (χ3n) is 4.81. The standard InChI is InChI=1S/C16H15F3N2O2/c1-21-10-3-2-4-12(10)23-15-11(21)6-5-9-14(15)8(16(17,18)19)7-13(22)20-9/h5-7,10,12H,2-4H2,1H3,(H,20,22)/t10-,12+/m1/s1. The molecule has 0 bridgehead atoms. The summed E-state index contributed by atoms with van der Waals surface area (Å²) in [5.74, 6) is 0.219. The fourth-order valence-corrected chi connectivity index (χ4v) is 3.75. The van der Waals surface area contributed by atoms with Crippen molar-refractivity contribution in [2.75, 3.05) is 11.9 Å². The molecule has 2 heterocycles. The summed E-state index contributed by atoms with van der Waals surface area (Å²) in [6.45, 7) is 0. The largest absolute Gasteiger partial charge is 0.485 e. The summed E-state index contributed by atoms with van der Waals surface area (Å²) >= 11 is 0. The van der Waals surface area contributed by atoms with E-state index in [1.165, 1.54) is 6.07 Å². The second-order valence-electron chi connectivity index (χ2n) is 6.15. The highest BCUT2D eigenvalue weighted by Gasteiger charge is 2.41. The number of fused-ring (bicyclic) bond motifs is 4. The summed E-state index contributed by atoms with van der Waals surface area (Å²) in [7, 11) is 1.88. The van der Waals surface area contributed by atoms with Crippen molar-refractivity contribution < 1.29 is 17.9 Å².